The molecule has 0 aromatic carbocycles. The molecule has 0 spiro atoms. The summed E-state index contributed by atoms with van der Waals surface area (Å²) in [5.41, 5.74) is 0. The molecule has 1 aromatic rings. The standard InChI is InChI=1S/C14H22N4O3S/c1-22(20,21)18-8-3-2-4-12(18)14(19)16-11-5-6-13-15-7-9-17(13)10-11/h7,9,11-12H,2-6,8,10H2,1H3,(H,16,19). The van der Waals surface area contributed by atoms with Gasteiger partial charge in [0.1, 0.15) is 11.9 Å². The van der Waals surface area contributed by atoms with E-state index in [9.17, 15) is 13.2 Å². The first-order chi connectivity index (χ1) is 10.4. The highest BCUT2D eigenvalue weighted by atomic mass is 32.2. The number of imidazole rings is 1. The monoisotopic (exact) mass is 326 g/mol. The van der Waals surface area contributed by atoms with Crippen LogP contribution < -0.4 is 5.32 Å². The fraction of sp³-hybridized carbons (Fsp3) is 0.714. The molecular weight excluding hydrogens is 304 g/mol. The number of aromatic nitrogens is 2. The summed E-state index contributed by atoms with van der Waals surface area (Å²) in [7, 11) is -3.34. The molecule has 122 valence electrons. The molecule has 7 nitrogen and oxygen atoms in total. The second-order valence-electron chi connectivity index (χ2n) is 6.13. The Kier molecular flexibility index (Phi) is 4.22. The molecule has 2 unspecified atom stereocenters. The van der Waals surface area contributed by atoms with Gasteiger partial charge in [-0.15, -0.1) is 0 Å². The Labute approximate surface area is 130 Å². The summed E-state index contributed by atoms with van der Waals surface area (Å²) in [6.45, 7) is 1.14. The summed E-state index contributed by atoms with van der Waals surface area (Å²) in [5, 5.41) is 3.03. The summed E-state index contributed by atoms with van der Waals surface area (Å²) in [4.78, 5) is 16.8. The number of fused-ring (bicyclic) bond motifs is 1. The van der Waals surface area contributed by atoms with Crippen molar-refractivity contribution in [3.8, 4) is 0 Å². The number of carbonyl (C=O) groups excluding carboxylic acids is 1. The van der Waals surface area contributed by atoms with Crippen LogP contribution in [0.15, 0.2) is 12.4 Å². The molecule has 2 aliphatic rings. The van der Waals surface area contributed by atoms with Gasteiger partial charge in [0.15, 0.2) is 0 Å². The molecule has 0 saturated carbocycles. The molecule has 0 aliphatic carbocycles. The third-order valence-corrected chi connectivity index (χ3v) is 5.75. The van der Waals surface area contributed by atoms with Crippen molar-refractivity contribution < 1.29 is 13.2 Å². The van der Waals surface area contributed by atoms with Gasteiger partial charge < -0.3 is 9.88 Å². The summed E-state index contributed by atoms with van der Waals surface area (Å²) in [6, 6.07) is -0.523. The molecule has 1 fully saturated rings. The smallest absolute Gasteiger partial charge is 0.238 e. The minimum absolute atomic E-state index is 0.0394. The van der Waals surface area contributed by atoms with Crippen molar-refractivity contribution in [2.75, 3.05) is 12.8 Å². The highest BCUT2D eigenvalue weighted by molar-refractivity contribution is 7.88. The summed E-state index contributed by atoms with van der Waals surface area (Å²) in [5.74, 6) is 0.875. The van der Waals surface area contributed by atoms with Crippen LogP contribution in [0.5, 0.6) is 0 Å². The van der Waals surface area contributed by atoms with E-state index < -0.39 is 16.1 Å². The quantitative estimate of drug-likeness (QED) is 0.855. The van der Waals surface area contributed by atoms with Crippen molar-refractivity contribution in [2.24, 2.45) is 0 Å². The van der Waals surface area contributed by atoms with Crippen LogP contribution in [0.1, 0.15) is 31.5 Å². The van der Waals surface area contributed by atoms with Crippen molar-refractivity contribution in [2.45, 2.75) is 50.7 Å². The number of amides is 1. The Morgan fingerprint density at radius 3 is 2.95 bits per heavy atom. The van der Waals surface area contributed by atoms with Crippen molar-refractivity contribution in [1.82, 2.24) is 19.2 Å². The molecule has 3 heterocycles. The van der Waals surface area contributed by atoms with Gasteiger partial charge in [0.2, 0.25) is 15.9 Å². The van der Waals surface area contributed by atoms with Crippen molar-refractivity contribution in [3.63, 3.8) is 0 Å². The van der Waals surface area contributed by atoms with E-state index in [-0.39, 0.29) is 11.9 Å². The van der Waals surface area contributed by atoms with Crippen molar-refractivity contribution >= 4 is 15.9 Å². The van der Waals surface area contributed by atoms with Crippen LogP contribution >= 0.6 is 0 Å². The Hall–Kier alpha value is -1.41. The van der Waals surface area contributed by atoms with Gasteiger partial charge in [-0.3, -0.25) is 4.79 Å². The molecule has 22 heavy (non-hydrogen) atoms. The van der Waals surface area contributed by atoms with Gasteiger partial charge in [0, 0.05) is 37.9 Å². The average molecular weight is 326 g/mol. The number of hydrogen-bond acceptors (Lipinski definition) is 4. The van der Waals surface area contributed by atoms with Crippen LogP contribution in [0.3, 0.4) is 0 Å². The lowest BCUT2D eigenvalue weighted by Crippen LogP contribution is -2.54. The third-order valence-electron chi connectivity index (χ3n) is 4.46. The van der Waals surface area contributed by atoms with Gasteiger partial charge >= 0.3 is 0 Å². The lowest BCUT2D eigenvalue weighted by molar-refractivity contribution is -0.126. The molecule has 3 rings (SSSR count). The molecule has 8 heteroatoms. The number of carbonyl (C=O) groups is 1. The lowest BCUT2D eigenvalue weighted by atomic mass is 10.0. The third kappa shape index (κ3) is 3.17. The average Bonchev–Trinajstić information content (AvgIpc) is 2.94. The van der Waals surface area contributed by atoms with Crippen LogP contribution in [0.4, 0.5) is 0 Å². The number of piperidine rings is 1. The van der Waals surface area contributed by atoms with E-state index in [0.29, 0.717) is 19.5 Å². The maximum atomic E-state index is 12.5. The fourth-order valence-corrected chi connectivity index (χ4v) is 4.47. The molecule has 2 aliphatic heterocycles. The van der Waals surface area contributed by atoms with Crippen LogP contribution in [-0.2, 0) is 27.8 Å². The maximum Gasteiger partial charge on any atom is 0.238 e. The van der Waals surface area contributed by atoms with Crippen molar-refractivity contribution in [3.05, 3.63) is 18.2 Å². The zero-order valence-corrected chi connectivity index (χ0v) is 13.6. The molecular formula is C14H22N4O3S. The Morgan fingerprint density at radius 2 is 2.18 bits per heavy atom. The zero-order valence-electron chi connectivity index (χ0n) is 12.7. The van der Waals surface area contributed by atoms with Crippen molar-refractivity contribution in [1.29, 1.82) is 0 Å². The fourth-order valence-electron chi connectivity index (χ4n) is 3.35. The highest BCUT2D eigenvalue weighted by Gasteiger charge is 2.35. The Morgan fingerprint density at radius 1 is 1.36 bits per heavy atom. The largest absolute Gasteiger partial charge is 0.350 e. The number of hydrogen-bond donors (Lipinski definition) is 1. The molecule has 0 bridgehead atoms. The van der Waals surface area contributed by atoms with Crippen LogP contribution in [0.25, 0.3) is 0 Å². The number of nitrogens with zero attached hydrogens (tertiary/aromatic N) is 3. The zero-order chi connectivity index (χ0) is 15.7. The van der Waals surface area contributed by atoms with Gasteiger partial charge in [-0.1, -0.05) is 6.42 Å². The summed E-state index contributed by atoms with van der Waals surface area (Å²) < 4.78 is 27.1. The molecule has 1 N–H and O–H groups in total. The van der Waals surface area contributed by atoms with E-state index >= 15 is 0 Å². The second-order valence-corrected chi connectivity index (χ2v) is 8.06. The van der Waals surface area contributed by atoms with Gasteiger partial charge in [0.25, 0.3) is 0 Å². The van der Waals surface area contributed by atoms with Gasteiger partial charge in [-0.05, 0) is 19.3 Å². The number of nitrogens with one attached hydrogen (secondary N) is 1. The maximum absolute atomic E-state index is 12.5. The van der Waals surface area contributed by atoms with Gasteiger partial charge in [0.05, 0.1) is 6.26 Å². The van der Waals surface area contributed by atoms with E-state index in [1.807, 2.05) is 10.8 Å². The molecule has 1 aromatic heterocycles. The van der Waals surface area contributed by atoms with Crippen LogP contribution in [-0.4, -0.2) is 53.1 Å². The van der Waals surface area contributed by atoms with Crippen LogP contribution in [0, 0.1) is 0 Å². The van der Waals surface area contributed by atoms with E-state index in [1.54, 1.807) is 6.20 Å². The van der Waals surface area contributed by atoms with Gasteiger partial charge in [-0.25, -0.2) is 13.4 Å². The molecule has 2 atom stereocenters. The van der Waals surface area contributed by atoms with E-state index in [4.69, 9.17) is 0 Å². The number of aryl methyl sites for hydroxylation is 1. The minimum atomic E-state index is -3.34. The van der Waals surface area contributed by atoms with E-state index in [2.05, 4.69) is 10.3 Å². The predicted molar refractivity (Wildman–Crippen MR) is 81.7 cm³/mol. The van der Waals surface area contributed by atoms with Crippen LogP contribution in [0.2, 0.25) is 0 Å². The second kappa shape index (κ2) is 6.00. The van der Waals surface area contributed by atoms with E-state index in [0.717, 1.165) is 31.5 Å². The first kappa shape index (κ1) is 15.5. The van der Waals surface area contributed by atoms with E-state index in [1.165, 1.54) is 10.6 Å². The Bertz CT molecular complexity index is 655. The summed E-state index contributed by atoms with van der Waals surface area (Å²) >= 11 is 0. The lowest BCUT2D eigenvalue weighted by Gasteiger charge is -2.34. The first-order valence-electron chi connectivity index (χ1n) is 7.72. The SMILES string of the molecule is CS(=O)(=O)N1CCCCC1C(=O)NC1CCc2nccn2C1. The highest BCUT2D eigenvalue weighted by Crippen LogP contribution is 2.21. The molecule has 0 radical (unpaired) electrons. The normalized spacial score (nSPS) is 26.4. The number of rotatable bonds is 3. The Balaban J connectivity index is 1.66. The molecule has 1 amide bonds. The number of sulfonamides is 1. The molecule has 1 saturated heterocycles. The van der Waals surface area contributed by atoms with Gasteiger partial charge in [-0.2, -0.15) is 4.31 Å². The predicted octanol–water partition coefficient (Wildman–Crippen LogP) is 0.128. The first-order valence-corrected chi connectivity index (χ1v) is 9.57. The minimum Gasteiger partial charge on any atom is -0.350 e. The topological polar surface area (TPSA) is 84.3 Å². The summed E-state index contributed by atoms with van der Waals surface area (Å²) in [6.07, 6.45) is 8.84.